The van der Waals surface area contributed by atoms with Crippen LogP contribution in [0.15, 0.2) is 65.6 Å². The lowest BCUT2D eigenvalue weighted by molar-refractivity contribution is -0.152. The second-order valence-corrected chi connectivity index (χ2v) is 12.6. The molecule has 0 bridgehead atoms. The van der Waals surface area contributed by atoms with Crippen LogP contribution in [0.2, 0.25) is 0 Å². The molecular weight excluding hydrogens is 550 g/mol. The molecule has 1 aliphatic heterocycles. The third-order valence-electron chi connectivity index (χ3n) is 7.82. The summed E-state index contributed by atoms with van der Waals surface area (Å²) in [5.41, 5.74) is 2.76. The van der Waals surface area contributed by atoms with Crippen LogP contribution in [0.5, 0.6) is 11.5 Å². The van der Waals surface area contributed by atoms with Gasteiger partial charge >= 0.3 is 12.1 Å². The molecule has 0 aromatic heterocycles. The molecule has 3 aromatic carbocycles. The number of rotatable bonds is 9. The van der Waals surface area contributed by atoms with Crippen molar-refractivity contribution in [3.63, 3.8) is 0 Å². The van der Waals surface area contributed by atoms with Gasteiger partial charge < -0.3 is 19.5 Å². The van der Waals surface area contributed by atoms with Gasteiger partial charge in [-0.25, -0.2) is 9.59 Å². The molecule has 0 radical (unpaired) electrons. The number of hydrogen-bond donors (Lipinski definition) is 1. The number of hydrogen-bond acceptors (Lipinski definition) is 6. The summed E-state index contributed by atoms with van der Waals surface area (Å²) < 4.78 is 11.6. The number of ether oxygens (including phenoxy) is 2. The first kappa shape index (κ1) is 31.2. The number of nitrogens with zero attached hydrogens (tertiary/aromatic N) is 1. The number of aryl methyl sites for hydroxylation is 2. The first-order valence-corrected chi connectivity index (χ1v) is 15.3. The molecule has 2 atom stereocenters. The monoisotopic (exact) mass is 589 g/mol. The Morgan fingerprint density at radius 3 is 2.07 bits per heavy atom. The van der Waals surface area contributed by atoms with Gasteiger partial charge in [-0.3, -0.25) is 4.79 Å². The maximum Gasteiger partial charge on any atom is 0.415 e. The average molecular weight is 590 g/mol. The number of thioether (sulfide) groups is 1. The largest absolute Gasteiger partial charge is 0.478 e. The molecule has 1 aliphatic rings. The van der Waals surface area contributed by atoms with E-state index in [4.69, 9.17) is 9.47 Å². The summed E-state index contributed by atoms with van der Waals surface area (Å²) in [6.07, 6.45) is 1.49. The number of amides is 1. The molecule has 3 aromatic rings. The predicted octanol–water partition coefficient (Wildman–Crippen LogP) is 7.49. The summed E-state index contributed by atoms with van der Waals surface area (Å²) in [4.78, 5) is 41.5. The summed E-state index contributed by atoms with van der Waals surface area (Å²) >= 11 is 1.61. The van der Waals surface area contributed by atoms with E-state index in [0.29, 0.717) is 29.5 Å². The molecule has 1 saturated heterocycles. The highest BCUT2D eigenvalue weighted by Gasteiger charge is 2.42. The number of benzene rings is 3. The quantitative estimate of drug-likeness (QED) is 0.204. The Kier molecular flexibility index (Phi) is 9.36. The highest BCUT2D eigenvalue weighted by molar-refractivity contribution is 7.98. The van der Waals surface area contributed by atoms with E-state index in [9.17, 15) is 19.5 Å². The fourth-order valence-electron chi connectivity index (χ4n) is 5.27. The number of Topliss-reactive ketones (excluding diaryl/α,β-unsaturated/α-hetero) is 1. The van der Waals surface area contributed by atoms with Crippen molar-refractivity contribution in [3.05, 3.63) is 88.5 Å². The van der Waals surface area contributed by atoms with Gasteiger partial charge in [0, 0.05) is 35.4 Å². The molecule has 8 heteroatoms. The number of carboxylic acids is 1. The molecule has 2 unspecified atom stereocenters. The zero-order chi connectivity index (χ0) is 30.8. The lowest BCUT2D eigenvalue weighted by Crippen LogP contribution is -2.38. The lowest BCUT2D eigenvalue weighted by Gasteiger charge is -2.26. The average Bonchev–Trinajstić information content (AvgIpc) is 3.40. The van der Waals surface area contributed by atoms with Crippen LogP contribution in [0.25, 0.3) is 0 Å². The number of likely N-dealkylation sites (tertiary alicyclic amines) is 1. The lowest BCUT2D eigenvalue weighted by atomic mass is 9.82. The summed E-state index contributed by atoms with van der Waals surface area (Å²) in [5, 5.41) is 9.56. The van der Waals surface area contributed by atoms with E-state index in [-0.39, 0.29) is 18.2 Å². The van der Waals surface area contributed by atoms with Crippen molar-refractivity contribution in [2.45, 2.75) is 63.9 Å². The summed E-state index contributed by atoms with van der Waals surface area (Å²) in [7, 11) is 0. The summed E-state index contributed by atoms with van der Waals surface area (Å²) in [5.74, 6) is -0.545. The number of aliphatic carboxylic acids is 1. The highest BCUT2D eigenvalue weighted by atomic mass is 32.2. The van der Waals surface area contributed by atoms with Gasteiger partial charge in [0.25, 0.3) is 0 Å². The van der Waals surface area contributed by atoms with E-state index >= 15 is 0 Å². The van der Waals surface area contributed by atoms with E-state index in [0.717, 1.165) is 27.1 Å². The molecule has 0 saturated carbocycles. The number of ketones is 1. The molecule has 4 rings (SSSR count). The first-order valence-electron chi connectivity index (χ1n) is 14.1. The van der Waals surface area contributed by atoms with Crippen LogP contribution in [0.1, 0.15) is 72.1 Å². The number of carbonyl (C=O) groups is 3. The highest BCUT2D eigenvalue weighted by Crippen LogP contribution is 2.39. The Bertz CT molecular complexity index is 1440. The van der Waals surface area contributed by atoms with Crippen molar-refractivity contribution in [2.24, 2.45) is 5.92 Å². The molecule has 1 amide bonds. The van der Waals surface area contributed by atoms with Crippen molar-refractivity contribution < 1.29 is 29.0 Å². The molecular formula is C34H39NO6S. The third kappa shape index (κ3) is 6.81. The van der Waals surface area contributed by atoms with Gasteiger partial charge in [-0.2, -0.15) is 0 Å². The maximum atomic E-state index is 13.9. The zero-order valence-corrected chi connectivity index (χ0v) is 26.1. The predicted molar refractivity (Wildman–Crippen MR) is 165 cm³/mol. The summed E-state index contributed by atoms with van der Waals surface area (Å²) in [6, 6.07) is 18.9. The molecule has 0 spiro atoms. The Morgan fingerprint density at radius 1 is 0.952 bits per heavy atom. The van der Waals surface area contributed by atoms with Crippen LogP contribution < -0.4 is 9.47 Å². The Balaban J connectivity index is 1.64. The fourth-order valence-corrected chi connectivity index (χ4v) is 5.68. The van der Waals surface area contributed by atoms with Gasteiger partial charge in [0.05, 0.1) is 0 Å². The van der Waals surface area contributed by atoms with Gasteiger partial charge in [0.2, 0.25) is 0 Å². The van der Waals surface area contributed by atoms with Gasteiger partial charge in [-0.05, 0) is 86.4 Å². The zero-order valence-electron chi connectivity index (χ0n) is 25.3. The molecule has 0 aliphatic carbocycles. The van der Waals surface area contributed by atoms with Crippen LogP contribution >= 0.6 is 11.8 Å². The fraction of sp³-hybridized carbons (Fsp3) is 0.382. The van der Waals surface area contributed by atoms with E-state index in [1.165, 1.54) is 13.8 Å². The van der Waals surface area contributed by atoms with Gasteiger partial charge in [0.1, 0.15) is 11.5 Å². The SMILES string of the molecule is CSc1ccc(C(=O)C2CN(C(=O)Oc3ccc(C(C)C)cc3)CC2c2cc(C)c(OC(C)(C)C(=O)O)c(C)c2)cc1. The van der Waals surface area contributed by atoms with E-state index in [1.54, 1.807) is 28.8 Å². The van der Waals surface area contributed by atoms with Crippen LogP contribution in [-0.4, -0.2) is 52.8 Å². The topological polar surface area (TPSA) is 93.1 Å². The van der Waals surface area contributed by atoms with Crippen molar-refractivity contribution in [3.8, 4) is 11.5 Å². The van der Waals surface area contributed by atoms with Crippen LogP contribution in [-0.2, 0) is 4.79 Å². The number of carbonyl (C=O) groups excluding carboxylic acids is 2. The Labute approximate surface area is 252 Å². The van der Waals surface area contributed by atoms with Crippen LogP contribution in [0.4, 0.5) is 4.79 Å². The molecule has 1 heterocycles. The van der Waals surface area contributed by atoms with Crippen molar-refractivity contribution in [1.29, 1.82) is 0 Å². The Hall–Kier alpha value is -3.78. The second-order valence-electron chi connectivity index (χ2n) is 11.7. The summed E-state index contributed by atoms with van der Waals surface area (Å²) in [6.45, 7) is 11.5. The van der Waals surface area contributed by atoms with Crippen LogP contribution in [0.3, 0.4) is 0 Å². The van der Waals surface area contributed by atoms with Gasteiger partial charge in [-0.1, -0.05) is 50.2 Å². The molecule has 1 N–H and O–H groups in total. The van der Waals surface area contributed by atoms with E-state index < -0.39 is 23.6 Å². The molecule has 7 nitrogen and oxygen atoms in total. The molecule has 42 heavy (non-hydrogen) atoms. The molecule has 1 fully saturated rings. The van der Waals surface area contributed by atoms with Gasteiger partial charge in [0.15, 0.2) is 11.4 Å². The van der Waals surface area contributed by atoms with Crippen LogP contribution in [0, 0.1) is 19.8 Å². The van der Waals surface area contributed by atoms with Crippen molar-refractivity contribution >= 4 is 29.6 Å². The van der Waals surface area contributed by atoms with Gasteiger partial charge in [-0.15, -0.1) is 11.8 Å². The standard InChI is InChI=1S/C34H39NO6S/c1-20(2)23-8-12-26(13-9-23)40-33(39)35-18-28(29(19-35)30(36)24-10-14-27(42-7)15-11-24)25-16-21(3)31(22(4)17-25)41-34(5,6)32(37)38/h8-17,20,28-29H,18-19H2,1-7H3,(H,37,38). The minimum Gasteiger partial charge on any atom is -0.478 e. The smallest absolute Gasteiger partial charge is 0.415 e. The molecule has 222 valence electrons. The van der Waals surface area contributed by atoms with Crippen molar-refractivity contribution in [2.75, 3.05) is 19.3 Å². The Morgan fingerprint density at radius 2 is 1.55 bits per heavy atom. The normalized spacial score (nSPS) is 16.9. The van der Waals surface area contributed by atoms with E-state index in [2.05, 4.69) is 13.8 Å². The van der Waals surface area contributed by atoms with Crippen molar-refractivity contribution in [1.82, 2.24) is 4.90 Å². The minimum atomic E-state index is -1.40. The third-order valence-corrected chi connectivity index (χ3v) is 8.57. The maximum absolute atomic E-state index is 13.9. The second kappa shape index (κ2) is 12.6. The van der Waals surface area contributed by atoms with E-state index in [1.807, 2.05) is 68.6 Å². The number of carboxylic acid groups (broad SMARTS) is 1. The first-order chi connectivity index (χ1) is 19.8. The minimum absolute atomic E-state index is 0.0353.